The molecular weight excluding hydrogens is 329 g/mol. The summed E-state index contributed by atoms with van der Waals surface area (Å²) in [4.78, 5) is 24.1. The summed E-state index contributed by atoms with van der Waals surface area (Å²) in [5.41, 5.74) is 0.872. The van der Waals surface area contributed by atoms with Gasteiger partial charge >= 0.3 is 5.97 Å². The number of hydrogen-bond donors (Lipinski definition) is 1. The Balaban J connectivity index is 1.54. The predicted molar refractivity (Wildman–Crippen MR) is 90.4 cm³/mol. The van der Waals surface area contributed by atoms with Gasteiger partial charge in [0, 0.05) is 10.1 Å². The first-order valence-electron chi connectivity index (χ1n) is 7.29. The van der Waals surface area contributed by atoms with Crippen LogP contribution in [0.4, 0.5) is 4.39 Å². The minimum atomic E-state index is -0.528. The van der Waals surface area contributed by atoms with Crippen molar-refractivity contribution in [3.05, 3.63) is 70.9 Å². The van der Waals surface area contributed by atoms with Crippen molar-refractivity contribution in [2.45, 2.75) is 6.61 Å². The second-order valence-electron chi connectivity index (χ2n) is 5.09. The molecule has 1 amide bonds. The Morgan fingerprint density at radius 1 is 1.08 bits per heavy atom. The maximum atomic E-state index is 13.6. The molecule has 0 aliphatic heterocycles. The van der Waals surface area contributed by atoms with Crippen LogP contribution < -0.4 is 5.32 Å². The monoisotopic (exact) mass is 343 g/mol. The molecule has 0 unspecified atom stereocenters. The van der Waals surface area contributed by atoms with Gasteiger partial charge < -0.3 is 10.1 Å². The van der Waals surface area contributed by atoms with Crippen LogP contribution in [0.3, 0.4) is 0 Å². The average Bonchev–Trinajstić information content (AvgIpc) is 3.04. The van der Waals surface area contributed by atoms with Crippen molar-refractivity contribution in [2.24, 2.45) is 0 Å². The standard InChI is InChI=1S/C18H14FNO3S/c19-14-7-4-8-15-13(14)9-16(24-15)18(22)20-10-17(21)23-11-12-5-2-1-3-6-12/h1-9H,10-11H2,(H,20,22). The number of fused-ring (bicyclic) bond motifs is 1. The van der Waals surface area contributed by atoms with Crippen LogP contribution in [0.25, 0.3) is 10.1 Å². The number of hydrogen-bond acceptors (Lipinski definition) is 4. The molecule has 0 saturated heterocycles. The van der Waals surface area contributed by atoms with Crippen LogP contribution in [0.5, 0.6) is 0 Å². The minimum Gasteiger partial charge on any atom is -0.460 e. The number of esters is 1. The third kappa shape index (κ3) is 3.78. The highest BCUT2D eigenvalue weighted by Crippen LogP contribution is 2.27. The summed E-state index contributed by atoms with van der Waals surface area (Å²) in [6.45, 7) is -0.0773. The van der Waals surface area contributed by atoms with Crippen LogP contribution in [0.2, 0.25) is 0 Å². The molecule has 0 fully saturated rings. The maximum Gasteiger partial charge on any atom is 0.325 e. The maximum absolute atomic E-state index is 13.6. The van der Waals surface area contributed by atoms with Crippen LogP contribution >= 0.6 is 11.3 Å². The normalized spacial score (nSPS) is 10.5. The Hall–Kier alpha value is -2.73. The lowest BCUT2D eigenvalue weighted by Gasteiger charge is -2.05. The minimum absolute atomic E-state index is 0.156. The molecule has 0 saturated carbocycles. The number of rotatable bonds is 5. The number of halogens is 1. The van der Waals surface area contributed by atoms with E-state index in [4.69, 9.17) is 4.74 Å². The van der Waals surface area contributed by atoms with Crippen molar-refractivity contribution in [2.75, 3.05) is 6.54 Å². The van der Waals surface area contributed by atoms with Crippen LogP contribution in [0.15, 0.2) is 54.6 Å². The summed E-state index contributed by atoms with van der Waals surface area (Å²) in [7, 11) is 0. The number of carbonyl (C=O) groups excluding carboxylic acids is 2. The van der Waals surface area contributed by atoms with Crippen LogP contribution in [-0.4, -0.2) is 18.4 Å². The lowest BCUT2D eigenvalue weighted by atomic mass is 10.2. The molecule has 3 aromatic rings. The van der Waals surface area contributed by atoms with Gasteiger partial charge in [0.05, 0.1) is 4.88 Å². The SMILES string of the molecule is O=C(CNC(=O)c1cc2c(F)cccc2s1)OCc1ccccc1. The molecule has 4 nitrogen and oxygen atoms in total. The van der Waals surface area contributed by atoms with Crippen molar-refractivity contribution < 1.29 is 18.7 Å². The van der Waals surface area contributed by atoms with Crippen molar-refractivity contribution in [1.82, 2.24) is 5.32 Å². The van der Waals surface area contributed by atoms with Crippen molar-refractivity contribution >= 4 is 33.3 Å². The third-order valence-electron chi connectivity index (χ3n) is 3.37. The van der Waals surface area contributed by atoms with E-state index in [0.717, 1.165) is 5.56 Å². The molecule has 24 heavy (non-hydrogen) atoms. The summed E-state index contributed by atoms with van der Waals surface area (Å²) in [5.74, 6) is -1.32. The highest BCUT2D eigenvalue weighted by atomic mass is 32.1. The van der Waals surface area contributed by atoms with Gasteiger partial charge in [-0.1, -0.05) is 36.4 Å². The molecule has 0 atom stereocenters. The lowest BCUT2D eigenvalue weighted by molar-refractivity contribution is -0.143. The van der Waals surface area contributed by atoms with Crippen molar-refractivity contribution in [3.63, 3.8) is 0 Å². The van der Waals surface area contributed by atoms with E-state index in [1.807, 2.05) is 30.3 Å². The number of ether oxygens (including phenoxy) is 1. The number of carbonyl (C=O) groups is 2. The molecule has 0 aliphatic rings. The second kappa shape index (κ2) is 7.23. The van der Waals surface area contributed by atoms with Crippen molar-refractivity contribution in [1.29, 1.82) is 0 Å². The first-order chi connectivity index (χ1) is 11.6. The van der Waals surface area contributed by atoms with Gasteiger partial charge in [-0.25, -0.2) is 4.39 Å². The smallest absolute Gasteiger partial charge is 0.325 e. The molecule has 0 spiro atoms. The topological polar surface area (TPSA) is 55.4 Å². The second-order valence-corrected chi connectivity index (χ2v) is 6.18. The Kier molecular flexibility index (Phi) is 4.86. The van der Waals surface area contributed by atoms with E-state index in [9.17, 15) is 14.0 Å². The fourth-order valence-corrected chi connectivity index (χ4v) is 3.16. The van der Waals surface area contributed by atoms with Gasteiger partial charge in [-0.15, -0.1) is 11.3 Å². The van der Waals surface area contributed by atoms with Gasteiger partial charge in [0.25, 0.3) is 5.91 Å². The third-order valence-corrected chi connectivity index (χ3v) is 4.47. The van der Waals surface area contributed by atoms with E-state index in [1.54, 1.807) is 12.1 Å². The zero-order chi connectivity index (χ0) is 16.9. The van der Waals surface area contributed by atoms with Crippen molar-refractivity contribution in [3.8, 4) is 0 Å². The zero-order valence-corrected chi connectivity index (χ0v) is 13.4. The molecule has 122 valence electrons. The van der Waals surface area contributed by atoms with E-state index in [2.05, 4.69) is 5.32 Å². The van der Waals surface area contributed by atoms with Crippen LogP contribution in [0.1, 0.15) is 15.2 Å². The Morgan fingerprint density at radius 3 is 2.62 bits per heavy atom. The number of amides is 1. The summed E-state index contributed by atoms with van der Waals surface area (Å²) in [6, 6.07) is 15.4. The summed E-state index contributed by atoms with van der Waals surface area (Å²) in [6.07, 6.45) is 0. The molecule has 0 radical (unpaired) electrons. The summed E-state index contributed by atoms with van der Waals surface area (Å²) in [5, 5.41) is 2.89. The van der Waals surface area contributed by atoms with Gasteiger partial charge in [0.1, 0.15) is 19.0 Å². The molecule has 1 heterocycles. The molecule has 0 aliphatic carbocycles. The number of thiophene rings is 1. The van der Waals surface area contributed by atoms with E-state index < -0.39 is 11.9 Å². The van der Waals surface area contributed by atoms with E-state index in [0.29, 0.717) is 15.0 Å². The lowest BCUT2D eigenvalue weighted by Crippen LogP contribution is -2.30. The van der Waals surface area contributed by atoms with Gasteiger partial charge in [-0.2, -0.15) is 0 Å². The molecule has 0 bridgehead atoms. The Labute approximate surface area is 141 Å². The summed E-state index contributed by atoms with van der Waals surface area (Å²) >= 11 is 1.18. The highest BCUT2D eigenvalue weighted by Gasteiger charge is 2.13. The van der Waals surface area contributed by atoms with E-state index >= 15 is 0 Å². The molecule has 6 heteroatoms. The largest absolute Gasteiger partial charge is 0.460 e. The fraction of sp³-hybridized carbons (Fsp3) is 0.111. The zero-order valence-electron chi connectivity index (χ0n) is 12.6. The molecule has 2 aromatic carbocycles. The first kappa shape index (κ1) is 16.1. The molecule has 1 N–H and O–H groups in total. The highest BCUT2D eigenvalue weighted by molar-refractivity contribution is 7.20. The first-order valence-corrected chi connectivity index (χ1v) is 8.11. The number of benzene rings is 2. The predicted octanol–water partition coefficient (Wildman–Crippen LogP) is 3.51. The van der Waals surface area contributed by atoms with Gasteiger partial charge in [0.15, 0.2) is 0 Å². The fourth-order valence-electron chi connectivity index (χ4n) is 2.17. The molecular formula is C18H14FNO3S. The van der Waals surface area contributed by atoms with Gasteiger partial charge in [0.2, 0.25) is 0 Å². The van der Waals surface area contributed by atoms with Crippen LogP contribution in [-0.2, 0) is 16.1 Å². The van der Waals surface area contributed by atoms with E-state index in [1.165, 1.54) is 23.5 Å². The molecule has 3 rings (SSSR count). The van der Waals surface area contributed by atoms with Gasteiger partial charge in [-0.05, 0) is 23.8 Å². The van der Waals surface area contributed by atoms with Gasteiger partial charge in [-0.3, -0.25) is 9.59 Å². The number of nitrogens with one attached hydrogen (secondary N) is 1. The Morgan fingerprint density at radius 2 is 1.88 bits per heavy atom. The summed E-state index contributed by atoms with van der Waals surface area (Å²) < 4.78 is 19.4. The Bertz CT molecular complexity index is 876. The average molecular weight is 343 g/mol. The van der Waals surface area contributed by atoms with Crippen LogP contribution in [0, 0.1) is 5.82 Å². The van der Waals surface area contributed by atoms with E-state index in [-0.39, 0.29) is 19.0 Å². The quantitative estimate of drug-likeness (QED) is 0.721. The molecule has 1 aromatic heterocycles.